The molecule has 1 aromatic carbocycles. The van der Waals surface area contributed by atoms with Gasteiger partial charge in [-0.25, -0.2) is 9.97 Å². The van der Waals surface area contributed by atoms with Crippen molar-refractivity contribution < 1.29 is 0 Å². The third-order valence-electron chi connectivity index (χ3n) is 2.87. The average Bonchev–Trinajstić information content (AvgIpc) is 2.86. The van der Waals surface area contributed by atoms with Crippen LogP contribution in [0.1, 0.15) is 11.3 Å². The summed E-state index contributed by atoms with van der Waals surface area (Å²) in [5.74, 6) is 0. The highest BCUT2D eigenvalue weighted by molar-refractivity contribution is 5.94. The number of rotatable bonds is 1. The number of fused-ring (bicyclic) bond motifs is 1. The minimum atomic E-state index is 0.208. The molecule has 0 saturated heterocycles. The van der Waals surface area contributed by atoms with Crippen LogP contribution in [0.15, 0.2) is 36.7 Å². The third-order valence-corrected chi connectivity index (χ3v) is 2.87. The van der Waals surface area contributed by atoms with Crippen molar-refractivity contribution in [2.75, 3.05) is 0 Å². The number of nitriles is 2. The molecule has 5 nitrogen and oxygen atoms in total. The predicted molar refractivity (Wildman–Crippen MR) is 68.8 cm³/mol. The molecule has 0 spiro atoms. The number of nitrogens with zero attached hydrogens (tertiary/aromatic N) is 4. The van der Waals surface area contributed by atoms with Gasteiger partial charge in [-0.1, -0.05) is 30.3 Å². The van der Waals surface area contributed by atoms with Crippen molar-refractivity contribution in [3.8, 4) is 23.4 Å². The molecule has 0 aliphatic rings. The topological polar surface area (TPSA) is 89.2 Å². The van der Waals surface area contributed by atoms with E-state index in [-0.39, 0.29) is 5.69 Å². The summed E-state index contributed by atoms with van der Waals surface area (Å²) >= 11 is 0. The van der Waals surface area contributed by atoms with E-state index in [2.05, 4.69) is 21.0 Å². The Balaban J connectivity index is 2.41. The van der Waals surface area contributed by atoms with E-state index in [4.69, 9.17) is 5.26 Å². The minimum absolute atomic E-state index is 0.208. The van der Waals surface area contributed by atoms with E-state index in [0.717, 1.165) is 5.56 Å². The predicted octanol–water partition coefficient (Wildman–Crippen LogP) is 2.37. The van der Waals surface area contributed by atoms with Crippen molar-refractivity contribution in [1.29, 1.82) is 10.5 Å². The maximum atomic E-state index is 9.35. The largest absolute Gasteiger partial charge is 0.338 e. The Morgan fingerprint density at radius 2 is 1.79 bits per heavy atom. The van der Waals surface area contributed by atoms with Gasteiger partial charge in [0.2, 0.25) is 0 Å². The summed E-state index contributed by atoms with van der Waals surface area (Å²) in [7, 11) is 0. The van der Waals surface area contributed by atoms with Gasteiger partial charge in [0, 0.05) is 0 Å². The molecular formula is C14H7N5. The van der Waals surface area contributed by atoms with Crippen LogP contribution in [0, 0.1) is 22.7 Å². The molecular weight excluding hydrogens is 238 g/mol. The number of nitrogens with one attached hydrogen (secondary N) is 1. The summed E-state index contributed by atoms with van der Waals surface area (Å²) in [5.41, 5.74) is 2.65. The Morgan fingerprint density at radius 3 is 2.47 bits per heavy atom. The van der Waals surface area contributed by atoms with E-state index in [9.17, 15) is 5.26 Å². The van der Waals surface area contributed by atoms with Crippen molar-refractivity contribution in [2.24, 2.45) is 0 Å². The molecule has 0 unspecified atom stereocenters. The van der Waals surface area contributed by atoms with Crippen LogP contribution >= 0.6 is 0 Å². The molecule has 2 aromatic heterocycles. The van der Waals surface area contributed by atoms with E-state index in [1.165, 1.54) is 6.33 Å². The fourth-order valence-corrected chi connectivity index (χ4v) is 2.04. The number of H-pyrrole nitrogens is 1. The lowest BCUT2D eigenvalue weighted by Gasteiger charge is -1.97. The Kier molecular flexibility index (Phi) is 2.45. The molecule has 0 fully saturated rings. The molecule has 0 amide bonds. The molecule has 3 rings (SSSR count). The van der Waals surface area contributed by atoms with Crippen LogP contribution in [0.25, 0.3) is 22.3 Å². The van der Waals surface area contributed by atoms with Crippen molar-refractivity contribution in [3.05, 3.63) is 47.9 Å². The lowest BCUT2D eigenvalue weighted by atomic mass is 10.1. The number of hydrogen-bond acceptors (Lipinski definition) is 4. The van der Waals surface area contributed by atoms with Gasteiger partial charge in [-0.05, 0) is 5.56 Å². The van der Waals surface area contributed by atoms with Gasteiger partial charge in [-0.2, -0.15) is 10.5 Å². The fourth-order valence-electron chi connectivity index (χ4n) is 2.04. The lowest BCUT2D eigenvalue weighted by Crippen LogP contribution is -1.87. The summed E-state index contributed by atoms with van der Waals surface area (Å²) in [6.07, 6.45) is 1.31. The molecule has 2 heterocycles. The van der Waals surface area contributed by atoms with Crippen LogP contribution < -0.4 is 0 Å². The highest BCUT2D eigenvalue weighted by Gasteiger charge is 2.17. The second kappa shape index (κ2) is 4.25. The first-order valence-electron chi connectivity index (χ1n) is 5.57. The molecule has 1 N–H and O–H groups in total. The number of aromatic nitrogens is 3. The Morgan fingerprint density at radius 1 is 1.00 bits per heavy atom. The molecule has 88 valence electrons. The Labute approximate surface area is 108 Å². The zero-order valence-corrected chi connectivity index (χ0v) is 9.75. The van der Waals surface area contributed by atoms with Gasteiger partial charge in [0.1, 0.15) is 24.1 Å². The smallest absolute Gasteiger partial charge is 0.154 e. The zero-order valence-electron chi connectivity index (χ0n) is 9.75. The normalized spacial score (nSPS) is 10.0. The van der Waals surface area contributed by atoms with E-state index >= 15 is 0 Å². The Bertz CT molecular complexity index is 834. The van der Waals surface area contributed by atoms with E-state index < -0.39 is 0 Å². The third kappa shape index (κ3) is 1.62. The first-order valence-corrected chi connectivity index (χ1v) is 5.57. The Hall–Kier alpha value is -3.18. The number of hydrogen-bond donors (Lipinski definition) is 1. The van der Waals surface area contributed by atoms with Crippen LogP contribution in [0.2, 0.25) is 0 Å². The maximum absolute atomic E-state index is 9.35. The molecule has 0 bridgehead atoms. The quantitative estimate of drug-likeness (QED) is 0.712. The maximum Gasteiger partial charge on any atom is 0.154 e. The molecule has 0 aliphatic heterocycles. The number of aromatic amines is 1. The summed E-state index contributed by atoms with van der Waals surface area (Å²) in [5, 5.41) is 18.9. The minimum Gasteiger partial charge on any atom is -0.338 e. The molecule has 3 aromatic rings. The first-order chi connectivity index (χ1) is 9.35. The van der Waals surface area contributed by atoms with Gasteiger partial charge in [0.15, 0.2) is 5.69 Å². The molecule has 0 atom stereocenters. The van der Waals surface area contributed by atoms with Crippen LogP contribution in [-0.4, -0.2) is 15.0 Å². The van der Waals surface area contributed by atoms with Gasteiger partial charge >= 0.3 is 0 Å². The fraction of sp³-hybridized carbons (Fsp3) is 0. The second-order valence-corrected chi connectivity index (χ2v) is 3.91. The van der Waals surface area contributed by atoms with Crippen LogP contribution in [0.4, 0.5) is 0 Å². The highest BCUT2D eigenvalue weighted by atomic mass is 14.9. The molecule has 5 heteroatoms. The molecule has 0 aliphatic carbocycles. The van der Waals surface area contributed by atoms with Crippen molar-refractivity contribution in [3.63, 3.8) is 0 Å². The summed E-state index contributed by atoms with van der Waals surface area (Å²) in [6, 6.07) is 13.6. The first kappa shape index (κ1) is 10.9. The van der Waals surface area contributed by atoms with Gasteiger partial charge < -0.3 is 4.98 Å². The average molecular weight is 245 g/mol. The summed E-state index contributed by atoms with van der Waals surface area (Å²) < 4.78 is 0. The van der Waals surface area contributed by atoms with E-state index in [1.807, 2.05) is 36.4 Å². The van der Waals surface area contributed by atoms with Gasteiger partial charge in [0.25, 0.3) is 0 Å². The highest BCUT2D eigenvalue weighted by Crippen LogP contribution is 2.29. The number of benzene rings is 1. The molecule has 19 heavy (non-hydrogen) atoms. The van der Waals surface area contributed by atoms with E-state index in [0.29, 0.717) is 22.3 Å². The lowest BCUT2D eigenvalue weighted by molar-refractivity contribution is 1.17. The van der Waals surface area contributed by atoms with Gasteiger partial charge in [-0.15, -0.1) is 0 Å². The van der Waals surface area contributed by atoms with Crippen molar-refractivity contribution >= 4 is 11.0 Å². The molecule has 0 radical (unpaired) electrons. The SMILES string of the molecule is N#Cc1ncnc2[nH]c(-c3ccccc3)c(C#N)c12. The van der Waals surface area contributed by atoms with Gasteiger partial charge in [0.05, 0.1) is 16.6 Å². The monoisotopic (exact) mass is 245 g/mol. The standard InChI is InChI=1S/C14H7N5/c15-6-10-12-11(7-16)17-8-18-14(12)19-13(10)9-4-2-1-3-5-9/h1-5,8H,(H,17,18,19). The second-order valence-electron chi connectivity index (χ2n) is 3.91. The van der Waals surface area contributed by atoms with Crippen LogP contribution in [0.5, 0.6) is 0 Å². The summed E-state index contributed by atoms with van der Waals surface area (Å²) in [4.78, 5) is 11.1. The van der Waals surface area contributed by atoms with Crippen molar-refractivity contribution in [1.82, 2.24) is 15.0 Å². The van der Waals surface area contributed by atoms with Crippen LogP contribution in [-0.2, 0) is 0 Å². The zero-order chi connectivity index (χ0) is 13.2. The van der Waals surface area contributed by atoms with Gasteiger partial charge in [-0.3, -0.25) is 0 Å². The van der Waals surface area contributed by atoms with E-state index in [1.54, 1.807) is 0 Å². The van der Waals surface area contributed by atoms with Crippen LogP contribution in [0.3, 0.4) is 0 Å². The van der Waals surface area contributed by atoms with Crippen molar-refractivity contribution in [2.45, 2.75) is 0 Å². The molecule has 0 saturated carbocycles. The summed E-state index contributed by atoms with van der Waals surface area (Å²) in [6.45, 7) is 0.